The summed E-state index contributed by atoms with van der Waals surface area (Å²) in [6.07, 6.45) is -1.54. The maximum atomic E-state index is 12.4. The van der Waals surface area contributed by atoms with E-state index in [1.54, 1.807) is 6.92 Å². The zero-order chi connectivity index (χ0) is 22.4. The largest absolute Gasteiger partial charge is 0.479 e. The topological polar surface area (TPSA) is 114 Å². The number of nitrogens with one attached hydrogen (secondary N) is 2. The van der Waals surface area contributed by atoms with Crippen molar-refractivity contribution in [3.63, 3.8) is 0 Å². The van der Waals surface area contributed by atoms with Gasteiger partial charge >= 0.3 is 12.1 Å². The van der Waals surface area contributed by atoms with Crippen molar-refractivity contribution in [1.29, 1.82) is 0 Å². The molecule has 0 aliphatic heterocycles. The van der Waals surface area contributed by atoms with Gasteiger partial charge in [0.2, 0.25) is 5.91 Å². The summed E-state index contributed by atoms with van der Waals surface area (Å²) in [7, 11) is 1.25. The van der Waals surface area contributed by atoms with Crippen LogP contribution in [0, 0.1) is 0 Å². The molecule has 2 amide bonds. The van der Waals surface area contributed by atoms with Gasteiger partial charge in [0.15, 0.2) is 6.10 Å². The van der Waals surface area contributed by atoms with Crippen LogP contribution in [0.3, 0.4) is 0 Å². The number of hydrogen-bond acceptors (Lipinski definition) is 5. The maximum absolute atomic E-state index is 12.4. The Bertz CT molecular complexity index is 915. The van der Waals surface area contributed by atoms with Crippen molar-refractivity contribution in [3.05, 3.63) is 59.7 Å². The molecule has 0 fully saturated rings. The molecule has 0 heterocycles. The summed E-state index contributed by atoms with van der Waals surface area (Å²) in [5.41, 5.74) is 4.45. The van der Waals surface area contributed by atoms with Crippen LogP contribution in [0.2, 0.25) is 0 Å². The Morgan fingerprint density at radius 2 is 1.61 bits per heavy atom. The molecule has 0 saturated heterocycles. The van der Waals surface area contributed by atoms with E-state index in [9.17, 15) is 14.4 Å². The summed E-state index contributed by atoms with van der Waals surface area (Å²) in [6, 6.07) is 15.2. The summed E-state index contributed by atoms with van der Waals surface area (Å²) in [6.45, 7) is 1.68. The number of hydrogen-bond donors (Lipinski definition) is 3. The normalized spacial score (nSPS) is 14.1. The Labute approximate surface area is 180 Å². The summed E-state index contributed by atoms with van der Waals surface area (Å²) in [5, 5.41) is 14.0. The first-order valence-electron chi connectivity index (χ1n) is 10.1. The highest BCUT2D eigenvalue weighted by molar-refractivity contribution is 5.86. The van der Waals surface area contributed by atoms with Crippen LogP contribution >= 0.6 is 0 Å². The molecular weight excluding hydrogens is 400 g/mol. The molecule has 8 nitrogen and oxygen atoms in total. The average Bonchev–Trinajstić information content (AvgIpc) is 3.10. The number of alkyl carbamates (subject to hydrolysis) is 1. The van der Waals surface area contributed by atoms with Gasteiger partial charge in [0, 0.05) is 13.0 Å². The van der Waals surface area contributed by atoms with Gasteiger partial charge in [-0.15, -0.1) is 0 Å². The van der Waals surface area contributed by atoms with Crippen molar-refractivity contribution in [3.8, 4) is 11.1 Å². The van der Waals surface area contributed by atoms with Gasteiger partial charge in [0.05, 0.1) is 6.54 Å². The van der Waals surface area contributed by atoms with E-state index in [2.05, 4.69) is 22.8 Å². The first kappa shape index (κ1) is 22.3. The van der Waals surface area contributed by atoms with Crippen molar-refractivity contribution in [1.82, 2.24) is 10.6 Å². The maximum Gasteiger partial charge on any atom is 0.407 e. The number of aliphatic carboxylic acids is 1. The van der Waals surface area contributed by atoms with Crippen molar-refractivity contribution < 1.29 is 29.0 Å². The standard InChI is InChI=1S/C23H26N2O6/c1-3-19(21(26)24-12-20(30-2)22(27)28)25-23(29)31-13-18-16-10-6-4-8-14(16)15-9-5-7-11-17(15)18/h4-11,18-20H,3,12-13H2,1-2H3,(H,24,26)(H,25,29)(H,27,28)/t19-,20?/m0/s1. The fraction of sp³-hybridized carbons (Fsp3) is 0.348. The minimum atomic E-state index is -1.18. The third kappa shape index (κ3) is 5.03. The molecule has 1 aliphatic rings. The smallest absolute Gasteiger partial charge is 0.407 e. The number of amides is 2. The van der Waals surface area contributed by atoms with Gasteiger partial charge in [0.1, 0.15) is 12.6 Å². The lowest BCUT2D eigenvalue weighted by Crippen LogP contribution is -2.49. The molecule has 8 heteroatoms. The molecule has 164 valence electrons. The van der Waals surface area contributed by atoms with Gasteiger partial charge in [-0.2, -0.15) is 0 Å². The van der Waals surface area contributed by atoms with Gasteiger partial charge < -0.3 is 25.2 Å². The summed E-state index contributed by atoms with van der Waals surface area (Å²) in [5.74, 6) is -1.76. The number of carboxylic acids is 1. The molecule has 1 unspecified atom stereocenters. The van der Waals surface area contributed by atoms with E-state index in [0.717, 1.165) is 22.3 Å². The summed E-state index contributed by atoms with van der Waals surface area (Å²) < 4.78 is 10.2. The van der Waals surface area contributed by atoms with Crippen molar-refractivity contribution in [2.24, 2.45) is 0 Å². The zero-order valence-electron chi connectivity index (χ0n) is 17.5. The molecule has 0 aromatic heterocycles. The molecule has 2 aromatic rings. The Balaban J connectivity index is 1.58. The monoisotopic (exact) mass is 426 g/mol. The van der Waals surface area contributed by atoms with Gasteiger partial charge in [-0.3, -0.25) is 4.79 Å². The molecule has 0 bridgehead atoms. The van der Waals surface area contributed by atoms with E-state index < -0.39 is 30.1 Å². The number of carbonyl (C=O) groups is 3. The van der Waals surface area contributed by atoms with Crippen LogP contribution in [-0.4, -0.2) is 55.5 Å². The Kier molecular flexibility index (Phi) is 7.25. The molecule has 0 radical (unpaired) electrons. The number of carbonyl (C=O) groups excluding carboxylic acids is 2. The minimum Gasteiger partial charge on any atom is -0.479 e. The van der Waals surface area contributed by atoms with Gasteiger partial charge in [0.25, 0.3) is 0 Å². The lowest BCUT2D eigenvalue weighted by atomic mass is 9.98. The Morgan fingerprint density at radius 1 is 1.03 bits per heavy atom. The van der Waals surface area contributed by atoms with E-state index in [1.807, 2.05) is 36.4 Å². The molecule has 0 saturated carbocycles. The molecule has 1 aliphatic carbocycles. The molecule has 0 spiro atoms. The van der Waals surface area contributed by atoms with E-state index in [1.165, 1.54) is 7.11 Å². The highest BCUT2D eigenvalue weighted by Gasteiger charge is 2.29. The summed E-state index contributed by atoms with van der Waals surface area (Å²) in [4.78, 5) is 35.7. The molecule has 3 rings (SSSR count). The lowest BCUT2D eigenvalue weighted by molar-refractivity contribution is -0.148. The van der Waals surface area contributed by atoms with E-state index in [0.29, 0.717) is 6.42 Å². The summed E-state index contributed by atoms with van der Waals surface area (Å²) >= 11 is 0. The van der Waals surface area contributed by atoms with Crippen LogP contribution in [0.4, 0.5) is 4.79 Å². The highest BCUT2D eigenvalue weighted by Crippen LogP contribution is 2.44. The second-order valence-corrected chi connectivity index (χ2v) is 7.24. The first-order chi connectivity index (χ1) is 15.0. The third-order valence-corrected chi connectivity index (χ3v) is 5.38. The molecule has 2 atom stereocenters. The molecule has 31 heavy (non-hydrogen) atoms. The second-order valence-electron chi connectivity index (χ2n) is 7.24. The van der Waals surface area contributed by atoms with Crippen LogP contribution in [0.1, 0.15) is 30.4 Å². The predicted octanol–water partition coefficient (Wildman–Crippen LogP) is 2.52. The van der Waals surface area contributed by atoms with Crippen molar-refractivity contribution in [2.75, 3.05) is 20.3 Å². The van der Waals surface area contributed by atoms with Gasteiger partial charge in [-0.1, -0.05) is 55.5 Å². The second kappa shape index (κ2) is 10.1. The van der Waals surface area contributed by atoms with Crippen LogP contribution in [-0.2, 0) is 19.1 Å². The number of methoxy groups -OCH3 is 1. The average molecular weight is 426 g/mol. The van der Waals surface area contributed by atoms with Gasteiger partial charge in [-0.05, 0) is 28.7 Å². The fourth-order valence-electron chi connectivity index (χ4n) is 3.72. The quantitative estimate of drug-likeness (QED) is 0.568. The third-order valence-electron chi connectivity index (χ3n) is 5.38. The number of benzene rings is 2. The number of rotatable bonds is 9. The van der Waals surface area contributed by atoms with Crippen LogP contribution < -0.4 is 10.6 Å². The van der Waals surface area contributed by atoms with Crippen molar-refractivity contribution >= 4 is 18.0 Å². The van der Waals surface area contributed by atoms with E-state index in [-0.39, 0.29) is 19.1 Å². The zero-order valence-corrected chi connectivity index (χ0v) is 17.5. The molecular formula is C23H26N2O6. The van der Waals surface area contributed by atoms with E-state index >= 15 is 0 Å². The SMILES string of the molecule is CC[C@H](NC(=O)OCC1c2ccccc2-c2ccccc21)C(=O)NCC(OC)C(=O)O. The first-order valence-corrected chi connectivity index (χ1v) is 10.1. The van der Waals surface area contributed by atoms with Crippen LogP contribution in [0.5, 0.6) is 0 Å². The van der Waals surface area contributed by atoms with E-state index in [4.69, 9.17) is 14.6 Å². The number of fused-ring (bicyclic) bond motifs is 3. The Morgan fingerprint density at radius 3 is 2.13 bits per heavy atom. The fourth-order valence-corrected chi connectivity index (χ4v) is 3.72. The van der Waals surface area contributed by atoms with Crippen LogP contribution in [0.25, 0.3) is 11.1 Å². The predicted molar refractivity (Wildman–Crippen MR) is 114 cm³/mol. The minimum absolute atomic E-state index is 0.0786. The van der Waals surface area contributed by atoms with Crippen molar-refractivity contribution in [2.45, 2.75) is 31.4 Å². The molecule has 2 aromatic carbocycles. The molecule has 3 N–H and O–H groups in total. The number of carboxylic acid groups (broad SMARTS) is 1. The van der Waals surface area contributed by atoms with Crippen LogP contribution in [0.15, 0.2) is 48.5 Å². The van der Waals surface area contributed by atoms with Gasteiger partial charge in [-0.25, -0.2) is 9.59 Å². The number of ether oxygens (including phenoxy) is 2. The Hall–Kier alpha value is -3.39. The lowest BCUT2D eigenvalue weighted by Gasteiger charge is -2.19. The highest BCUT2D eigenvalue weighted by atomic mass is 16.5.